The minimum absolute atomic E-state index is 0.0881. The Morgan fingerprint density at radius 1 is 1.16 bits per heavy atom. The Hall–Kier alpha value is -0.120. The number of nitrogens with zero attached hydrogens (tertiary/aromatic N) is 1. The average molecular weight is 268 g/mol. The standard InChI is InChI=1S/C16H32N2O/c1-3-10-17-14-9-11-18(12-13(14)2)15-7-5-4-6-8-16(15)19/h13-17,19H,3-12H2,1-2H3. The second-order valence-corrected chi connectivity index (χ2v) is 6.59. The number of aliphatic hydroxyl groups excluding tert-OH is 1. The first-order chi connectivity index (χ1) is 9.22. The molecule has 1 heterocycles. The van der Waals surface area contributed by atoms with E-state index in [0.717, 1.165) is 26.1 Å². The van der Waals surface area contributed by atoms with Crippen molar-refractivity contribution in [1.29, 1.82) is 0 Å². The molecule has 3 heteroatoms. The van der Waals surface area contributed by atoms with Crippen molar-refractivity contribution in [2.75, 3.05) is 19.6 Å². The van der Waals surface area contributed by atoms with E-state index in [-0.39, 0.29) is 6.10 Å². The molecule has 2 rings (SSSR count). The van der Waals surface area contributed by atoms with E-state index in [2.05, 4.69) is 24.1 Å². The summed E-state index contributed by atoms with van der Waals surface area (Å²) in [7, 11) is 0. The fourth-order valence-electron chi connectivity index (χ4n) is 3.81. The second-order valence-electron chi connectivity index (χ2n) is 6.59. The number of piperidine rings is 1. The molecule has 0 aromatic rings. The van der Waals surface area contributed by atoms with Gasteiger partial charge in [0.1, 0.15) is 0 Å². The van der Waals surface area contributed by atoms with E-state index < -0.39 is 0 Å². The molecule has 2 fully saturated rings. The van der Waals surface area contributed by atoms with Gasteiger partial charge in [-0.3, -0.25) is 4.90 Å². The quantitative estimate of drug-likeness (QED) is 0.769. The molecule has 1 saturated heterocycles. The van der Waals surface area contributed by atoms with E-state index in [1.165, 1.54) is 38.5 Å². The molecule has 0 radical (unpaired) electrons. The molecule has 4 atom stereocenters. The van der Waals surface area contributed by atoms with Crippen LogP contribution in [-0.4, -0.2) is 47.8 Å². The van der Waals surface area contributed by atoms with Crippen molar-refractivity contribution in [1.82, 2.24) is 10.2 Å². The van der Waals surface area contributed by atoms with Crippen LogP contribution in [0.25, 0.3) is 0 Å². The minimum Gasteiger partial charge on any atom is -0.391 e. The predicted molar refractivity (Wildman–Crippen MR) is 80.3 cm³/mol. The van der Waals surface area contributed by atoms with Crippen molar-refractivity contribution in [3.05, 3.63) is 0 Å². The zero-order valence-corrected chi connectivity index (χ0v) is 12.8. The molecular weight excluding hydrogens is 236 g/mol. The third-order valence-electron chi connectivity index (χ3n) is 5.01. The summed E-state index contributed by atoms with van der Waals surface area (Å²) in [5.74, 6) is 0.704. The van der Waals surface area contributed by atoms with Gasteiger partial charge in [-0.25, -0.2) is 0 Å². The van der Waals surface area contributed by atoms with Crippen LogP contribution in [0.3, 0.4) is 0 Å². The maximum atomic E-state index is 10.3. The number of likely N-dealkylation sites (tertiary alicyclic amines) is 1. The third kappa shape index (κ3) is 4.17. The van der Waals surface area contributed by atoms with Crippen LogP contribution in [0.2, 0.25) is 0 Å². The summed E-state index contributed by atoms with van der Waals surface area (Å²) in [6, 6.07) is 1.11. The first kappa shape index (κ1) is 15.3. The van der Waals surface area contributed by atoms with Gasteiger partial charge >= 0.3 is 0 Å². The normalized spacial score (nSPS) is 38.1. The molecule has 1 saturated carbocycles. The van der Waals surface area contributed by atoms with Gasteiger partial charge in [0.05, 0.1) is 6.10 Å². The molecule has 1 aliphatic carbocycles. The molecule has 0 aromatic carbocycles. The van der Waals surface area contributed by atoms with Crippen LogP contribution >= 0.6 is 0 Å². The Kier molecular flexibility index (Phi) is 6.11. The molecule has 0 amide bonds. The number of aliphatic hydroxyl groups is 1. The van der Waals surface area contributed by atoms with Crippen LogP contribution in [-0.2, 0) is 0 Å². The third-order valence-corrected chi connectivity index (χ3v) is 5.01. The van der Waals surface area contributed by atoms with Crippen LogP contribution in [0, 0.1) is 5.92 Å². The summed E-state index contributed by atoms with van der Waals surface area (Å²) in [5, 5.41) is 14.0. The van der Waals surface area contributed by atoms with Gasteiger partial charge in [-0.2, -0.15) is 0 Å². The van der Waals surface area contributed by atoms with Crippen LogP contribution in [0.5, 0.6) is 0 Å². The van der Waals surface area contributed by atoms with E-state index in [4.69, 9.17) is 0 Å². The Labute approximate surface area is 118 Å². The summed E-state index contributed by atoms with van der Waals surface area (Å²) < 4.78 is 0. The van der Waals surface area contributed by atoms with E-state index in [0.29, 0.717) is 18.0 Å². The van der Waals surface area contributed by atoms with E-state index in [1.54, 1.807) is 0 Å². The molecule has 4 unspecified atom stereocenters. The second kappa shape index (κ2) is 7.61. The summed E-state index contributed by atoms with van der Waals surface area (Å²) in [6.45, 7) is 8.05. The molecule has 19 heavy (non-hydrogen) atoms. The largest absolute Gasteiger partial charge is 0.391 e. The zero-order chi connectivity index (χ0) is 13.7. The Morgan fingerprint density at radius 3 is 2.68 bits per heavy atom. The molecule has 0 bridgehead atoms. The molecule has 2 aliphatic rings. The SMILES string of the molecule is CCCNC1CCN(C2CCCCCC2O)CC1C. The number of rotatable bonds is 4. The van der Waals surface area contributed by atoms with Gasteiger partial charge in [-0.15, -0.1) is 0 Å². The monoisotopic (exact) mass is 268 g/mol. The minimum atomic E-state index is -0.0881. The molecular formula is C16H32N2O. The Bertz CT molecular complexity index is 259. The van der Waals surface area contributed by atoms with E-state index in [1.807, 2.05) is 0 Å². The van der Waals surface area contributed by atoms with Crippen LogP contribution in [0.4, 0.5) is 0 Å². The van der Waals surface area contributed by atoms with Crippen molar-refractivity contribution in [3.63, 3.8) is 0 Å². The van der Waals surface area contributed by atoms with Gasteiger partial charge in [-0.1, -0.05) is 33.1 Å². The summed E-state index contributed by atoms with van der Waals surface area (Å²) in [5.41, 5.74) is 0. The lowest BCUT2D eigenvalue weighted by atomic mass is 9.91. The fraction of sp³-hybridized carbons (Fsp3) is 1.00. The molecule has 2 N–H and O–H groups in total. The zero-order valence-electron chi connectivity index (χ0n) is 12.8. The summed E-state index contributed by atoms with van der Waals surface area (Å²) >= 11 is 0. The molecule has 0 aromatic heterocycles. The number of hydrogen-bond donors (Lipinski definition) is 2. The van der Waals surface area contributed by atoms with Gasteiger partial charge in [-0.05, 0) is 38.1 Å². The lowest BCUT2D eigenvalue weighted by molar-refractivity contribution is 0.0151. The van der Waals surface area contributed by atoms with Gasteiger partial charge in [0.15, 0.2) is 0 Å². The predicted octanol–water partition coefficient (Wildman–Crippen LogP) is 2.39. The highest BCUT2D eigenvalue weighted by Crippen LogP contribution is 2.27. The smallest absolute Gasteiger partial charge is 0.0695 e. The van der Waals surface area contributed by atoms with Crippen LogP contribution in [0.1, 0.15) is 58.8 Å². The average Bonchev–Trinajstić information content (AvgIpc) is 2.62. The number of hydrogen-bond acceptors (Lipinski definition) is 3. The van der Waals surface area contributed by atoms with Crippen LogP contribution in [0.15, 0.2) is 0 Å². The fourth-order valence-corrected chi connectivity index (χ4v) is 3.81. The topological polar surface area (TPSA) is 35.5 Å². The molecule has 1 aliphatic heterocycles. The Morgan fingerprint density at radius 2 is 1.95 bits per heavy atom. The highest BCUT2D eigenvalue weighted by atomic mass is 16.3. The van der Waals surface area contributed by atoms with E-state index in [9.17, 15) is 5.11 Å². The summed E-state index contributed by atoms with van der Waals surface area (Å²) in [4.78, 5) is 2.57. The molecule has 0 spiro atoms. The Balaban J connectivity index is 1.85. The maximum Gasteiger partial charge on any atom is 0.0695 e. The first-order valence-corrected chi connectivity index (χ1v) is 8.38. The highest BCUT2D eigenvalue weighted by Gasteiger charge is 2.33. The van der Waals surface area contributed by atoms with Crippen LogP contribution < -0.4 is 5.32 Å². The maximum absolute atomic E-state index is 10.3. The van der Waals surface area contributed by atoms with Gasteiger partial charge in [0, 0.05) is 25.2 Å². The van der Waals surface area contributed by atoms with Crippen molar-refractivity contribution < 1.29 is 5.11 Å². The van der Waals surface area contributed by atoms with Gasteiger partial charge in [0.25, 0.3) is 0 Å². The lowest BCUT2D eigenvalue weighted by Crippen LogP contribution is -2.54. The lowest BCUT2D eigenvalue weighted by Gasteiger charge is -2.42. The van der Waals surface area contributed by atoms with Gasteiger partial charge < -0.3 is 10.4 Å². The van der Waals surface area contributed by atoms with E-state index >= 15 is 0 Å². The van der Waals surface area contributed by atoms with Crippen molar-refractivity contribution >= 4 is 0 Å². The first-order valence-electron chi connectivity index (χ1n) is 8.38. The number of nitrogens with one attached hydrogen (secondary N) is 1. The summed E-state index contributed by atoms with van der Waals surface area (Å²) in [6.07, 6.45) is 8.38. The van der Waals surface area contributed by atoms with Crippen molar-refractivity contribution in [2.45, 2.75) is 77.0 Å². The highest BCUT2D eigenvalue weighted by molar-refractivity contribution is 4.89. The van der Waals surface area contributed by atoms with Crippen molar-refractivity contribution in [2.24, 2.45) is 5.92 Å². The molecule has 3 nitrogen and oxygen atoms in total. The van der Waals surface area contributed by atoms with Crippen molar-refractivity contribution in [3.8, 4) is 0 Å². The van der Waals surface area contributed by atoms with Gasteiger partial charge in [0.2, 0.25) is 0 Å². The molecule has 112 valence electrons.